The van der Waals surface area contributed by atoms with Gasteiger partial charge in [-0.1, -0.05) is 46.0 Å². The van der Waals surface area contributed by atoms with Gasteiger partial charge in [-0.05, 0) is 44.6 Å². The zero-order valence-electron chi connectivity index (χ0n) is 14.0. The maximum Gasteiger partial charge on any atom is 0.0224 e. The van der Waals surface area contributed by atoms with Crippen molar-refractivity contribution in [2.24, 2.45) is 11.8 Å². The van der Waals surface area contributed by atoms with Crippen LogP contribution < -0.4 is 5.32 Å². The standard InChI is InChI=1S/C18H36N2/c1-15(2)9-7-8-12-20-14-18(19-13-16(20)3)17-10-5-4-6-11-17/h15-19H,4-14H2,1-3H3. The van der Waals surface area contributed by atoms with Crippen molar-refractivity contribution in [3.05, 3.63) is 0 Å². The Morgan fingerprint density at radius 2 is 1.85 bits per heavy atom. The lowest BCUT2D eigenvalue weighted by Crippen LogP contribution is -2.58. The van der Waals surface area contributed by atoms with Crippen molar-refractivity contribution < 1.29 is 0 Å². The van der Waals surface area contributed by atoms with E-state index in [1.54, 1.807) is 0 Å². The fourth-order valence-corrected chi connectivity index (χ4v) is 3.98. The van der Waals surface area contributed by atoms with Crippen molar-refractivity contribution in [3.63, 3.8) is 0 Å². The molecule has 0 amide bonds. The van der Waals surface area contributed by atoms with Crippen molar-refractivity contribution in [2.75, 3.05) is 19.6 Å². The molecule has 118 valence electrons. The van der Waals surface area contributed by atoms with Gasteiger partial charge in [-0.2, -0.15) is 0 Å². The lowest BCUT2D eigenvalue weighted by molar-refractivity contribution is 0.102. The summed E-state index contributed by atoms with van der Waals surface area (Å²) in [6, 6.07) is 1.51. The largest absolute Gasteiger partial charge is 0.311 e. The summed E-state index contributed by atoms with van der Waals surface area (Å²) < 4.78 is 0. The Bertz CT molecular complexity index is 258. The van der Waals surface area contributed by atoms with Gasteiger partial charge in [0.2, 0.25) is 0 Å². The Kier molecular flexibility index (Phi) is 6.83. The van der Waals surface area contributed by atoms with E-state index in [0.29, 0.717) is 0 Å². The van der Waals surface area contributed by atoms with E-state index in [4.69, 9.17) is 0 Å². The molecule has 2 atom stereocenters. The fourth-order valence-electron chi connectivity index (χ4n) is 3.98. The second kappa shape index (κ2) is 8.38. The predicted octanol–water partition coefficient (Wildman–Crippen LogP) is 4.06. The molecule has 0 radical (unpaired) electrons. The second-order valence-corrected chi connectivity index (χ2v) is 7.65. The lowest BCUT2D eigenvalue weighted by atomic mass is 9.82. The van der Waals surface area contributed by atoms with E-state index in [2.05, 4.69) is 31.0 Å². The zero-order valence-corrected chi connectivity index (χ0v) is 14.0. The lowest BCUT2D eigenvalue weighted by Gasteiger charge is -2.43. The van der Waals surface area contributed by atoms with Gasteiger partial charge in [0, 0.05) is 25.2 Å². The van der Waals surface area contributed by atoms with Gasteiger partial charge in [-0.25, -0.2) is 0 Å². The molecule has 1 N–H and O–H groups in total. The number of rotatable bonds is 6. The minimum absolute atomic E-state index is 0.730. The van der Waals surface area contributed by atoms with Crippen molar-refractivity contribution in [1.82, 2.24) is 10.2 Å². The summed E-state index contributed by atoms with van der Waals surface area (Å²) in [5.74, 6) is 1.82. The topological polar surface area (TPSA) is 15.3 Å². The molecule has 1 saturated heterocycles. The van der Waals surface area contributed by atoms with Crippen molar-refractivity contribution >= 4 is 0 Å². The molecule has 0 bridgehead atoms. The number of hydrogen-bond acceptors (Lipinski definition) is 2. The highest BCUT2D eigenvalue weighted by atomic mass is 15.2. The average molecular weight is 280 g/mol. The first kappa shape index (κ1) is 16.3. The maximum absolute atomic E-state index is 3.84. The minimum Gasteiger partial charge on any atom is -0.311 e. The molecule has 2 fully saturated rings. The quantitative estimate of drug-likeness (QED) is 0.738. The molecule has 2 unspecified atom stereocenters. The number of piperazine rings is 1. The average Bonchev–Trinajstić information content (AvgIpc) is 2.46. The first-order valence-electron chi connectivity index (χ1n) is 9.14. The van der Waals surface area contributed by atoms with Crippen LogP contribution in [0.3, 0.4) is 0 Å². The highest BCUT2D eigenvalue weighted by Crippen LogP contribution is 2.28. The summed E-state index contributed by atoms with van der Waals surface area (Å²) in [7, 11) is 0. The second-order valence-electron chi connectivity index (χ2n) is 7.65. The summed E-state index contributed by atoms with van der Waals surface area (Å²) in [6.45, 7) is 10.9. The van der Waals surface area contributed by atoms with E-state index in [1.165, 1.54) is 71.0 Å². The van der Waals surface area contributed by atoms with E-state index in [-0.39, 0.29) is 0 Å². The normalized spacial score (nSPS) is 30.0. The molecule has 2 heteroatoms. The first-order chi connectivity index (χ1) is 9.66. The summed E-state index contributed by atoms with van der Waals surface area (Å²) in [4.78, 5) is 2.76. The molecule has 20 heavy (non-hydrogen) atoms. The van der Waals surface area contributed by atoms with Crippen LogP contribution in [-0.4, -0.2) is 36.6 Å². The fraction of sp³-hybridized carbons (Fsp3) is 1.00. The van der Waals surface area contributed by atoms with E-state index in [0.717, 1.165) is 23.9 Å². The van der Waals surface area contributed by atoms with E-state index in [9.17, 15) is 0 Å². The summed E-state index contributed by atoms with van der Waals surface area (Å²) in [6.07, 6.45) is 11.5. The van der Waals surface area contributed by atoms with Gasteiger partial charge in [0.25, 0.3) is 0 Å². The van der Waals surface area contributed by atoms with Crippen LogP contribution in [0, 0.1) is 11.8 Å². The molecule has 0 aromatic rings. The molecule has 0 aromatic carbocycles. The van der Waals surface area contributed by atoms with E-state index < -0.39 is 0 Å². The number of nitrogens with one attached hydrogen (secondary N) is 1. The third-order valence-corrected chi connectivity index (χ3v) is 5.43. The monoisotopic (exact) mass is 280 g/mol. The predicted molar refractivity (Wildman–Crippen MR) is 88.1 cm³/mol. The van der Waals surface area contributed by atoms with Gasteiger partial charge in [-0.15, -0.1) is 0 Å². The van der Waals surface area contributed by atoms with Gasteiger partial charge < -0.3 is 5.32 Å². The van der Waals surface area contributed by atoms with Crippen LogP contribution in [0.4, 0.5) is 0 Å². The van der Waals surface area contributed by atoms with Crippen LogP contribution in [0.5, 0.6) is 0 Å². The van der Waals surface area contributed by atoms with Gasteiger partial charge >= 0.3 is 0 Å². The first-order valence-corrected chi connectivity index (χ1v) is 9.14. The molecular formula is C18H36N2. The van der Waals surface area contributed by atoms with Crippen molar-refractivity contribution in [2.45, 2.75) is 84.2 Å². The minimum atomic E-state index is 0.730. The molecule has 2 aliphatic rings. The SMILES string of the molecule is CC(C)CCCCN1CC(C2CCCCC2)NCC1C. The van der Waals surface area contributed by atoms with Gasteiger partial charge in [-0.3, -0.25) is 4.90 Å². The molecule has 1 aliphatic carbocycles. The zero-order chi connectivity index (χ0) is 14.4. The molecular weight excluding hydrogens is 244 g/mol. The van der Waals surface area contributed by atoms with E-state index >= 15 is 0 Å². The van der Waals surface area contributed by atoms with Crippen LogP contribution in [-0.2, 0) is 0 Å². The summed E-state index contributed by atoms with van der Waals surface area (Å²) in [5, 5.41) is 3.84. The smallest absolute Gasteiger partial charge is 0.0224 e. The Morgan fingerprint density at radius 3 is 2.55 bits per heavy atom. The Morgan fingerprint density at radius 1 is 1.10 bits per heavy atom. The van der Waals surface area contributed by atoms with E-state index in [1.807, 2.05) is 0 Å². The Labute approximate surface area is 126 Å². The van der Waals surface area contributed by atoms with Crippen LogP contribution >= 0.6 is 0 Å². The van der Waals surface area contributed by atoms with Gasteiger partial charge in [0.1, 0.15) is 0 Å². The van der Waals surface area contributed by atoms with Crippen LogP contribution in [0.15, 0.2) is 0 Å². The molecule has 2 rings (SSSR count). The van der Waals surface area contributed by atoms with Crippen LogP contribution in [0.25, 0.3) is 0 Å². The Hall–Kier alpha value is -0.0800. The number of unbranched alkanes of at least 4 members (excludes halogenated alkanes) is 1. The van der Waals surface area contributed by atoms with Crippen molar-refractivity contribution in [1.29, 1.82) is 0 Å². The third-order valence-electron chi connectivity index (χ3n) is 5.43. The highest BCUT2D eigenvalue weighted by Gasteiger charge is 2.30. The summed E-state index contributed by atoms with van der Waals surface area (Å²) >= 11 is 0. The molecule has 1 saturated carbocycles. The maximum atomic E-state index is 3.84. The van der Waals surface area contributed by atoms with Gasteiger partial charge in [0.05, 0.1) is 0 Å². The van der Waals surface area contributed by atoms with Gasteiger partial charge in [0.15, 0.2) is 0 Å². The molecule has 1 aliphatic heterocycles. The van der Waals surface area contributed by atoms with Crippen LogP contribution in [0.1, 0.15) is 72.1 Å². The highest BCUT2D eigenvalue weighted by molar-refractivity contribution is 4.89. The number of hydrogen-bond donors (Lipinski definition) is 1. The number of nitrogens with zero attached hydrogens (tertiary/aromatic N) is 1. The molecule has 0 spiro atoms. The Balaban J connectivity index is 1.72. The molecule has 2 nitrogen and oxygen atoms in total. The third kappa shape index (κ3) is 5.04. The summed E-state index contributed by atoms with van der Waals surface area (Å²) in [5.41, 5.74) is 0. The molecule has 0 aromatic heterocycles. The van der Waals surface area contributed by atoms with Crippen LogP contribution in [0.2, 0.25) is 0 Å². The molecule has 1 heterocycles. The van der Waals surface area contributed by atoms with Crippen molar-refractivity contribution in [3.8, 4) is 0 Å².